The van der Waals surface area contributed by atoms with E-state index in [4.69, 9.17) is 0 Å². The molecule has 0 aliphatic heterocycles. The Kier molecular flexibility index (Phi) is 11.5. The summed E-state index contributed by atoms with van der Waals surface area (Å²) in [5.41, 5.74) is 2.12. The molecule has 0 saturated heterocycles. The Labute approximate surface area is 265 Å². The average molecular weight is 630 g/mol. The van der Waals surface area contributed by atoms with Crippen LogP contribution in [-0.2, 0) is 39.0 Å². The molecule has 9 heteroatoms. The Hall–Kier alpha value is -4.50. The first-order chi connectivity index (χ1) is 21.6. The zero-order valence-corrected chi connectivity index (χ0v) is 26.7. The predicted octanol–water partition coefficient (Wildman–Crippen LogP) is 6.14. The molecule has 0 bridgehead atoms. The Balaban J connectivity index is 1.84. The van der Waals surface area contributed by atoms with Gasteiger partial charge in [0, 0.05) is 24.6 Å². The zero-order valence-electron chi connectivity index (χ0n) is 25.9. The monoisotopic (exact) mass is 629 g/mol. The molecule has 0 heterocycles. The van der Waals surface area contributed by atoms with Gasteiger partial charge in [0.2, 0.25) is 11.8 Å². The van der Waals surface area contributed by atoms with Crippen LogP contribution < -0.4 is 9.62 Å². The van der Waals surface area contributed by atoms with Crippen LogP contribution in [0.4, 0.5) is 10.1 Å². The summed E-state index contributed by atoms with van der Waals surface area (Å²) in [7, 11) is -4.21. The molecule has 0 unspecified atom stereocenters. The van der Waals surface area contributed by atoms with Crippen LogP contribution in [0.2, 0.25) is 0 Å². The average Bonchev–Trinajstić information content (AvgIpc) is 3.06. The lowest BCUT2D eigenvalue weighted by atomic mass is 10.0. The molecular weight excluding hydrogens is 589 g/mol. The standard InChI is InChI=1S/C36H40FN3O4S/c1-4-27(3)38-36(42)34(24-28-16-8-6-9-17-28)39(25-30-19-12-14-22-32(30)37)35(41)26-40(33-23-15-13-18-29(33)5-2)45(43,44)31-20-10-7-11-21-31/h6-23,27,34H,4-5,24-26H2,1-3H3,(H,38,42)/t27-,34-/m1/s1. The molecule has 0 fully saturated rings. The van der Waals surface area contributed by atoms with E-state index in [1.165, 1.54) is 23.1 Å². The van der Waals surface area contributed by atoms with Gasteiger partial charge >= 0.3 is 0 Å². The quantitative estimate of drug-likeness (QED) is 0.182. The number of hydrogen-bond acceptors (Lipinski definition) is 4. The minimum absolute atomic E-state index is 0.0275. The number of carbonyl (C=O) groups is 2. The number of rotatable bonds is 14. The lowest BCUT2D eigenvalue weighted by molar-refractivity contribution is -0.140. The molecule has 0 aliphatic rings. The molecule has 7 nitrogen and oxygen atoms in total. The number of benzene rings is 4. The largest absolute Gasteiger partial charge is 0.352 e. The smallest absolute Gasteiger partial charge is 0.264 e. The number of carbonyl (C=O) groups excluding carboxylic acids is 2. The van der Waals surface area contributed by atoms with E-state index in [0.717, 1.165) is 15.4 Å². The molecule has 4 rings (SSSR count). The molecule has 0 aromatic heterocycles. The van der Waals surface area contributed by atoms with Gasteiger partial charge in [0.05, 0.1) is 10.6 Å². The van der Waals surface area contributed by atoms with Crippen molar-refractivity contribution < 1.29 is 22.4 Å². The third kappa shape index (κ3) is 8.36. The van der Waals surface area contributed by atoms with Crippen LogP contribution in [0.15, 0.2) is 114 Å². The summed E-state index contributed by atoms with van der Waals surface area (Å²) < 4.78 is 44.5. The van der Waals surface area contributed by atoms with Crippen molar-refractivity contribution in [2.45, 2.75) is 63.6 Å². The fourth-order valence-corrected chi connectivity index (χ4v) is 6.56. The van der Waals surface area contributed by atoms with Crippen molar-refractivity contribution in [3.63, 3.8) is 0 Å². The van der Waals surface area contributed by atoms with Crippen molar-refractivity contribution in [3.8, 4) is 0 Å². The normalized spacial score (nSPS) is 12.6. The van der Waals surface area contributed by atoms with Crippen molar-refractivity contribution >= 4 is 27.5 Å². The highest BCUT2D eigenvalue weighted by Gasteiger charge is 2.35. The van der Waals surface area contributed by atoms with Crippen LogP contribution in [0.1, 0.15) is 43.9 Å². The molecule has 2 atom stereocenters. The molecule has 0 saturated carbocycles. The fourth-order valence-electron chi connectivity index (χ4n) is 5.09. The molecule has 0 radical (unpaired) electrons. The molecule has 0 aliphatic carbocycles. The van der Waals surface area contributed by atoms with Gasteiger partial charge in [-0.15, -0.1) is 0 Å². The summed E-state index contributed by atoms with van der Waals surface area (Å²) in [6.07, 6.45) is 1.35. The van der Waals surface area contributed by atoms with Crippen LogP contribution in [0.25, 0.3) is 0 Å². The van der Waals surface area contributed by atoms with Gasteiger partial charge < -0.3 is 10.2 Å². The van der Waals surface area contributed by atoms with Crippen LogP contribution in [-0.4, -0.2) is 43.8 Å². The van der Waals surface area contributed by atoms with Crippen LogP contribution in [0, 0.1) is 5.82 Å². The summed E-state index contributed by atoms with van der Waals surface area (Å²) in [5, 5.41) is 2.99. The molecule has 2 amide bonds. The maximum absolute atomic E-state index is 15.1. The van der Waals surface area contributed by atoms with Crippen molar-refractivity contribution in [1.82, 2.24) is 10.2 Å². The molecule has 4 aromatic carbocycles. The van der Waals surface area contributed by atoms with Gasteiger partial charge in [0.25, 0.3) is 10.0 Å². The van der Waals surface area contributed by atoms with E-state index in [1.807, 2.05) is 63.2 Å². The maximum atomic E-state index is 15.1. The van der Waals surface area contributed by atoms with Gasteiger partial charge in [-0.3, -0.25) is 13.9 Å². The van der Waals surface area contributed by atoms with Crippen LogP contribution >= 0.6 is 0 Å². The first-order valence-corrected chi connectivity index (χ1v) is 16.6. The van der Waals surface area contributed by atoms with Crippen LogP contribution in [0.5, 0.6) is 0 Å². The van der Waals surface area contributed by atoms with Gasteiger partial charge in [-0.05, 0) is 55.2 Å². The first kappa shape index (κ1) is 33.4. The number of hydrogen-bond donors (Lipinski definition) is 1. The van der Waals surface area contributed by atoms with E-state index in [-0.39, 0.29) is 29.5 Å². The van der Waals surface area contributed by atoms with Gasteiger partial charge in [-0.25, -0.2) is 12.8 Å². The summed E-state index contributed by atoms with van der Waals surface area (Å²) in [6.45, 7) is 4.90. The van der Waals surface area contributed by atoms with E-state index in [2.05, 4.69) is 5.32 Å². The fraction of sp³-hybridized carbons (Fsp3) is 0.278. The van der Waals surface area contributed by atoms with E-state index < -0.39 is 40.2 Å². The number of aryl methyl sites for hydroxylation is 1. The Morgan fingerprint density at radius 3 is 2.00 bits per heavy atom. The number of para-hydroxylation sites is 1. The lowest BCUT2D eigenvalue weighted by Crippen LogP contribution is -2.54. The Morgan fingerprint density at radius 1 is 0.800 bits per heavy atom. The van der Waals surface area contributed by atoms with Gasteiger partial charge in [0.15, 0.2) is 0 Å². The highest BCUT2D eigenvalue weighted by molar-refractivity contribution is 7.92. The highest BCUT2D eigenvalue weighted by atomic mass is 32.2. The first-order valence-electron chi connectivity index (χ1n) is 15.2. The maximum Gasteiger partial charge on any atom is 0.264 e. The number of anilines is 1. The molecule has 236 valence electrons. The van der Waals surface area contributed by atoms with Gasteiger partial charge in [0.1, 0.15) is 18.4 Å². The summed E-state index contributed by atoms with van der Waals surface area (Å²) in [6, 6.07) is 29.1. The summed E-state index contributed by atoms with van der Waals surface area (Å²) >= 11 is 0. The minimum Gasteiger partial charge on any atom is -0.352 e. The number of amides is 2. The molecule has 45 heavy (non-hydrogen) atoms. The second-order valence-corrected chi connectivity index (χ2v) is 12.8. The van der Waals surface area contributed by atoms with Crippen LogP contribution in [0.3, 0.4) is 0 Å². The summed E-state index contributed by atoms with van der Waals surface area (Å²) in [4.78, 5) is 29.7. The van der Waals surface area contributed by atoms with Crippen molar-refractivity contribution in [2.75, 3.05) is 10.8 Å². The van der Waals surface area contributed by atoms with Crippen molar-refractivity contribution in [2.24, 2.45) is 0 Å². The predicted molar refractivity (Wildman–Crippen MR) is 176 cm³/mol. The number of nitrogens with zero attached hydrogens (tertiary/aromatic N) is 2. The van der Waals surface area contributed by atoms with Gasteiger partial charge in [-0.2, -0.15) is 0 Å². The highest BCUT2D eigenvalue weighted by Crippen LogP contribution is 2.28. The number of nitrogens with one attached hydrogen (secondary N) is 1. The minimum atomic E-state index is -4.21. The number of sulfonamides is 1. The lowest BCUT2D eigenvalue weighted by Gasteiger charge is -2.34. The SMILES string of the molecule is CCc1ccccc1N(CC(=O)N(Cc1ccccc1F)[C@H](Cc1ccccc1)C(=O)N[C@H](C)CC)S(=O)(=O)c1ccccc1. The molecule has 1 N–H and O–H groups in total. The summed E-state index contributed by atoms with van der Waals surface area (Å²) in [5.74, 6) is -1.56. The Bertz CT molecular complexity index is 1680. The topological polar surface area (TPSA) is 86.8 Å². The third-order valence-corrected chi connectivity index (χ3v) is 9.60. The zero-order chi connectivity index (χ0) is 32.4. The Morgan fingerprint density at radius 2 is 1.38 bits per heavy atom. The van der Waals surface area contributed by atoms with E-state index in [9.17, 15) is 18.0 Å². The second-order valence-electron chi connectivity index (χ2n) is 10.9. The second kappa shape index (κ2) is 15.5. The molecular formula is C36H40FN3O4S. The van der Waals surface area contributed by atoms with Gasteiger partial charge in [-0.1, -0.05) is 98.8 Å². The van der Waals surface area contributed by atoms with Crippen molar-refractivity contribution in [3.05, 3.63) is 132 Å². The van der Waals surface area contributed by atoms with E-state index in [1.54, 1.807) is 48.5 Å². The van der Waals surface area contributed by atoms with E-state index >= 15 is 4.39 Å². The third-order valence-electron chi connectivity index (χ3n) is 7.82. The van der Waals surface area contributed by atoms with Crippen molar-refractivity contribution in [1.29, 1.82) is 0 Å². The number of halogens is 1. The molecule has 4 aromatic rings. The molecule has 0 spiro atoms. The van der Waals surface area contributed by atoms with E-state index in [0.29, 0.717) is 18.5 Å².